The molecular weight excluding hydrogens is 270 g/mol. The first-order valence-corrected chi connectivity index (χ1v) is 7.29. The summed E-state index contributed by atoms with van der Waals surface area (Å²) in [6.07, 6.45) is 1.31. The molecule has 2 rings (SSSR count). The zero-order valence-electron chi connectivity index (χ0n) is 12.8. The Morgan fingerprint density at radius 2 is 1.95 bits per heavy atom. The molecule has 0 aromatic carbocycles. The number of aromatic nitrogens is 2. The van der Waals surface area contributed by atoms with Gasteiger partial charge in [0.2, 0.25) is 0 Å². The van der Waals surface area contributed by atoms with Gasteiger partial charge in [-0.15, -0.1) is 0 Å². The van der Waals surface area contributed by atoms with Crippen LogP contribution in [0.15, 0.2) is 6.07 Å². The second-order valence-corrected chi connectivity index (χ2v) is 5.30. The first kappa shape index (κ1) is 15.4. The Morgan fingerprint density at radius 3 is 2.57 bits per heavy atom. The van der Waals surface area contributed by atoms with E-state index in [0.29, 0.717) is 43.8 Å². The number of hydrogen-bond acceptors (Lipinski definition) is 5. The highest BCUT2D eigenvalue weighted by Crippen LogP contribution is 2.21. The number of nitrogens with zero attached hydrogens (tertiary/aromatic N) is 3. The van der Waals surface area contributed by atoms with Crippen LogP contribution in [0.1, 0.15) is 41.5 Å². The minimum absolute atomic E-state index is 0.0344. The highest BCUT2D eigenvalue weighted by molar-refractivity contribution is 5.95. The molecule has 0 saturated carbocycles. The van der Waals surface area contributed by atoms with Gasteiger partial charge in [-0.1, -0.05) is 0 Å². The average Bonchev–Trinajstić information content (AvgIpc) is 2.49. The van der Waals surface area contributed by atoms with Crippen LogP contribution < -0.4 is 0 Å². The van der Waals surface area contributed by atoms with Crippen molar-refractivity contribution >= 4 is 11.9 Å². The molecule has 0 N–H and O–H groups in total. The van der Waals surface area contributed by atoms with Crippen molar-refractivity contribution in [1.29, 1.82) is 0 Å². The number of likely N-dealkylation sites (tertiary alicyclic amines) is 1. The lowest BCUT2D eigenvalue weighted by Crippen LogP contribution is -2.41. The van der Waals surface area contributed by atoms with Gasteiger partial charge in [-0.25, -0.2) is 0 Å². The molecule has 1 fully saturated rings. The van der Waals surface area contributed by atoms with Gasteiger partial charge in [0.05, 0.1) is 29.5 Å². The van der Waals surface area contributed by atoms with Crippen LogP contribution in [0.4, 0.5) is 0 Å². The first-order valence-electron chi connectivity index (χ1n) is 7.29. The summed E-state index contributed by atoms with van der Waals surface area (Å²) in [5.41, 5.74) is 1.96. The first-order chi connectivity index (χ1) is 10.0. The zero-order valence-corrected chi connectivity index (χ0v) is 12.8. The molecular formula is C15H21N3O3. The molecule has 2 heterocycles. The summed E-state index contributed by atoms with van der Waals surface area (Å²) in [6.45, 7) is 6.95. The number of esters is 1. The van der Waals surface area contributed by atoms with Crippen molar-refractivity contribution in [3.63, 3.8) is 0 Å². The van der Waals surface area contributed by atoms with Crippen molar-refractivity contribution in [2.45, 2.75) is 33.6 Å². The predicted octanol–water partition coefficient (Wildman–Crippen LogP) is 1.51. The lowest BCUT2D eigenvalue weighted by atomic mass is 9.96. The van der Waals surface area contributed by atoms with E-state index in [1.807, 2.05) is 6.92 Å². The number of carbonyl (C=O) groups excluding carboxylic acids is 2. The normalized spacial score (nSPS) is 15.9. The Labute approximate surface area is 124 Å². The standard InChI is InChI=1S/C15H21N3O3/c1-4-21-15(20)12-5-7-18(8-6-12)14(19)13-9-10(2)16-17-11(13)3/h9,12H,4-8H2,1-3H3. The molecule has 0 bridgehead atoms. The molecule has 0 radical (unpaired) electrons. The van der Waals surface area contributed by atoms with Crippen LogP contribution >= 0.6 is 0 Å². The highest BCUT2D eigenvalue weighted by Gasteiger charge is 2.29. The van der Waals surface area contributed by atoms with Crippen LogP contribution in [0, 0.1) is 19.8 Å². The Kier molecular flexibility index (Phi) is 4.88. The summed E-state index contributed by atoms with van der Waals surface area (Å²) in [5.74, 6) is -0.276. The molecule has 114 valence electrons. The van der Waals surface area contributed by atoms with Gasteiger partial charge in [-0.05, 0) is 39.7 Å². The maximum absolute atomic E-state index is 12.5. The lowest BCUT2D eigenvalue weighted by molar-refractivity contribution is -0.149. The molecule has 1 aromatic heterocycles. The van der Waals surface area contributed by atoms with Crippen molar-refractivity contribution in [3.05, 3.63) is 23.0 Å². The van der Waals surface area contributed by atoms with Crippen LogP contribution in [-0.2, 0) is 9.53 Å². The summed E-state index contributed by atoms with van der Waals surface area (Å²) in [7, 11) is 0. The Balaban J connectivity index is 2.00. The van der Waals surface area contributed by atoms with E-state index in [9.17, 15) is 9.59 Å². The van der Waals surface area contributed by atoms with E-state index in [1.165, 1.54) is 0 Å². The average molecular weight is 291 g/mol. The van der Waals surface area contributed by atoms with Gasteiger partial charge in [-0.3, -0.25) is 9.59 Å². The predicted molar refractivity (Wildman–Crippen MR) is 76.8 cm³/mol. The van der Waals surface area contributed by atoms with E-state index >= 15 is 0 Å². The lowest BCUT2D eigenvalue weighted by Gasteiger charge is -2.31. The van der Waals surface area contributed by atoms with Crippen LogP contribution in [0.5, 0.6) is 0 Å². The molecule has 0 spiro atoms. The molecule has 1 aliphatic heterocycles. The molecule has 6 heteroatoms. The molecule has 21 heavy (non-hydrogen) atoms. The van der Waals surface area contributed by atoms with Crippen LogP contribution in [-0.4, -0.2) is 46.7 Å². The van der Waals surface area contributed by atoms with Crippen molar-refractivity contribution in [3.8, 4) is 0 Å². The maximum atomic E-state index is 12.5. The van der Waals surface area contributed by atoms with Gasteiger partial charge in [0, 0.05) is 13.1 Å². The van der Waals surface area contributed by atoms with Gasteiger partial charge in [-0.2, -0.15) is 10.2 Å². The Morgan fingerprint density at radius 1 is 1.29 bits per heavy atom. The quantitative estimate of drug-likeness (QED) is 0.789. The summed E-state index contributed by atoms with van der Waals surface area (Å²) in [5, 5.41) is 7.93. The van der Waals surface area contributed by atoms with E-state index in [0.717, 1.165) is 5.69 Å². The Bertz CT molecular complexity index is 537. The van der Waals surface area contributed by atoms with E-state index in [4.69, 9.17) is 4.74 Å². The zero-order chi connectivity index (χ0) is 15.4. The molecule has 1 aliphatic rings. The smallest absolute Gasteiger partial charge is 0.309 e. The fraction of sp³-hybridized carbons (Fsp3) is 0.600. The molecule has 1 saturated heterocycles. The molecule has 0 aliphatic carbocycles. The number of ether oxygens (including phenoxy) is 1. The molecule has 0 unspecified atom stereocenters. The van der Waals surface area contributed by atoms with Gasteiger partial charge >= 0.3 is 5.97 Å². The van der Waals surface area contributed by atoms with Crippen molar-refractivity contribution < 1.29 is 14.3 Å². The third-order valence-corrected chi connectivity index (χ3v) is 3.73. The third-order valence-electron chi connectivity index (χ3n) is 3.73. The van der Waals surface area contributed by atoms with Crippen molar-refractivity contribution in [2.24, 2.45) is 5.92 Å². The number of carbonyl (C=O) groups is 2. The minimum Gasteiger partial charge on any atom is -0.466 e. The number of aryl methyl sites for hydroxylation is 2. The summed E-state index contributed by atoms with van der Waals surface area (Å²) < 4.78 is 5.04. The summed E-state index contributed by atoms with van der Waals surface area (Å²) in [6, 6.07) is 1.77. The maximum Gasteiger partial charge on any atom is 0.309 e. The molecule has 0 atom stereocenters. The topological polar surface area (TPSA) is 72.4 Å². The fourth-order valence-electron chi connectivity index (χ4n) is 2.52. The second-order valence-electron chi connectivity index (χ2n) is 5.30. The van der Waals surface area contributed by atoms with Crippen LogP contribution in [0.3, 0.4) is 0 Å². The molecule has 1 amide bonds. The SMILES string of the molecule is CCOC(=O)C1CCN(C(=O)c2cc(C)nnc2C)CC1. The number of piperidine rings is 1. The van der Waals surface area contributed by atoms with Crippen molar-refractivity contribution in [1.82, 2.24) is 15.1 Å². The largest absolute Gasteiger partial charge is 0.466 e. The molecule has 6 nitrogen and oxygen atoms in total. The van der Waals surface area contributed by atoms with E-state index < -0.39 is 0 Å². The fourth-order valence-corrected chi connectivity index (χ4v) is 2.52. The van der Waals surface area contributed by atoms with Gasteiger partial charge in [0.1, 0.15) is 0 Å². The van der Waals surface area contributed by atoms with Crippen LogP contribution in [0.25, 0.3) is 0 Å². The number of amides is 1. The minimum atomic E-state index is -0.151. The van der Waals surface area contributed by atoms with Gasteiger partial charge in [0.25, 0.3) is 5.91 Å². The van der Waals surface area contributed by atoms with Gasteiger partial charge < -0.3 is 9.64 Å². The molecule has 1 aromatic rings. The summed E-state index contributed by atoms with van der Waals surface area (Å²) >= 11 is 0. The van der Waals surface area contributed by atoms with Crippen LogP contribution in [0.2, 0.25) is 0 Å². The van der Waals surface area contributed by atoms with E-state index in [-0.39, 0.29) is 17.8 Å². The third kappa shape index (κ3) is 3.56. The van der Waals surface area contributed by atoms with Crippen molar-refractivity contribution in [2.75, 3.05) is 19.7 Å². The summed E-state index contributed by atoms with van der Waals surface area (Å²) in [4.78, 5) is 26.0. The van der Waals surface area contributed by atoms with E-state index in [1.54, 1.807) is 24.8 Å². The Hall–Kier alpha value is -1.98. The monoisotopic (exact) mass is 291 g/mol. The highest BCUT2D eigenvalue weighted by atomic mass is 16.5. The van der Waals surface area contributed by atoms with Gasteiger partial charge in [0.15, 0.2) is 0 Å². The number of hydrogen-bond donors (Lipinski definition) is 0. The van der Waals surface area contributed by atoms with E-state index in [2.05, 4.69) is 10.2 Å². The number of rotatable bonds is 3. The second kappa shape index (κ2) is 6.65.